The normalized spacial score (nSPS) is 23.3. The monoisotopic (exact) mass is 243 g/mol. The van der Waals surface area contributed by atoms with E-state index in [0.717, 1.165) is 0 Å². The standard InChI is InChI=1S/C10H14ClN3O2/c1-10(2)15-5-7(16-10)3-13-9-8(11)4-12-6-14-9/h4,6-7H,3,5H2,1-2H3,(H,12,13,14). The molecular weight excluding hydrogens is 230 g/mol. The van der Waals surface area contributed by atoms with Gasteiger partial charge in [0.15, 0.2) is 5.79 Å². The number of aromatic nitrogens is 2. The molecule has 2 rings (SSSR count). The first-order valence-corrected chi connectivity index (χ1v) is 5.46. The predicted molar refractivity (Wildman–Crippen MR) is 60.4 cm³/mol. The minimum Gasteiger partial charge on any atom is -0.366 e. The van der Waals surface area contributed by atoms with E-state index < -0.39 is 5.79 Å². The first-order valence-electron chi connectivity index (χ1n) is 5.08. The van der Waals surface area contributed by atoms with Gasteiger partial charge in [-0.3, -0.25) is 0 Å². The summed E-state index contributed by atoms with van der Waals surface area (Å²) >= 11 is 5.91. The van der Waals surface area contributed by atoms with Crippen LogP contribution in [-0.4, -0.2) is 35.0 Å². The van der Waals surface area contributed by atoms with Gasteiger partial charge in [-0.1, -0.05) is 11.6 Å². The van der Waals surface area contributed by atoms with Crippen molar-refractivity contribution in [2.24, 2.45) is 0 Å². The van der Waals surface area contributed by atoms with Gasteiger partial charge in [0, 0.05) is 6.54 Å². The number of hydrogen-bond donors (Lipinski definition) is 1. The number of nitrogens with one attached hydrogen (secondary N) is 1. The number of anilines is 1. The molecule has 0 spiro atoms. The summed E-state index contributed by atoms with van der Waals surface area (Å²) in [6.07, 6.45) is 3.01. The Morgan fingerprint density at radius 1 is 1.62 bits per heavy atom. The second-order valence-corrected chi connectivity index (χ2v) is 4.46. The molecule has 1 unspecified atom stereocenters. The van der Waals surface area contributed by atoms with E-state index in [0.29, 0.717) is 24.0 Å². The van der Waals surface area contributed by atoms with Crippen LogP contribution >= 0.6 is 11.6 Å². The fourth-order valence-corrected chi connectivity index (χ4v) is 1.69. The molecule has 0 bridgehead atoms. The Hall–Kier alpha value is -0.910. The highest BCUT2D eigenvalue weighted by molar-refractivity contribution is 6.32. The summed E-state index contributed by atoms with van der Waals surface area (Å²) in [4.78, 5) is 7.83. The predicted octanol–water partition coefficient (Wildman–Crippen LogP) is 1.69. The van der Waals surface area contributed by atoms with E-state index >= 15 is 0 Å². The molecule has 1 aromatic rings. The summed E-state index contributed by atoms with van der Waals surface area (Å²) in [7, 11) is 0. The fourth-order valence-electron chi connectivity index (χ4n) is 1.52. The van der Waals surface area contributed by atoms with Crippen molar-refractivity contribution in [2.75, 3.05) is 18.5 Å². The highest BCUT2D eigenvalue weighted by atomic mass is 35.5. The average Bonchev–Trinajstić information content (AvgIpc) is 2.57. The second kappa shape index (κ2) is 4.53. The third-order valence-electron chi connectivity index (χ3n) is 2.23. The van der Waals surface area contributed by atoms with Gasteiger partial charge in [0.2, 0.25) is 0 Å². The van der Waals surface area contributed by atoms with Crippen molar-refractivity contribution in [2.45, 2.75) is 25.7 Å². The zero-order valence-electron chi connectivity index (χ0n) is 9.24. The number of rotatable bonds is 3. The molecule has 16 heavy (non-hydrogen) atoms. The summed E-state index contributed by atoms with van der Waals surface area (Å²) in [6, 6.07) is 0. The molecule has 1 N–H and O–H groups in total. The summed E-state index contributed by atoms with van der Waals surface area (Å²) < 4.78 is 11.1. The minimum atomic E-state index is -0.498. The smallest absolute Gasteiger partial charge is 0.163 e. The number of nitrogens with zero attached hydrogens (tertiary/aromatic N) is 2. The highest BCUT2D eigenvalue weighted by Gasteiger charge is 2.32. The third kappa shape index (κ3) is 2.81. The van der Waals surface area contributed by atoms with E-state index in [1.165, 1.54) is 6.33 Å². The molecule has 1 aliphatic heterocycles. The molecule has 1 saturated heterocycles. The second-order valence-electron chi connectivity index (χ2n) is 4.05. The minimum absolute atomic E-state index is 0.0148. The molecule has 88 valence electrons. The molecule has 1 atom stereocenters. The SMILES string of the molecule is CC1(C)OCC(CNc2ncncc2Cl)O1. The highest BCUT2D eigenvalue weighted by Crippen LogP contribution is 2.23. The molecule has 5 nitrogen and oxygen atoms in total. The Morgan fingerprint density at radius 3 is 3.06 bits per heavy atom. The summed E-state index contributed by atoms with van der Waals surface area (Å²) in [5.41, 5.74) is 0. The van der Waals surface area contributed by atoms with E-state index in [-0.39, 0.29) is 6.10 Å². The summed E-state index contributed by atoms with van der Waals surface area (Å²) in [5.74, 6) is 0.118. The third-order valence-corrected chi connectivity index (χ3v) is 2.51. The van der Waals surface area contributed by atoms with Crippen LogP contribution in [0.1, 0.15) is 13.8 Å². The van der Waals surface area contributed by atoms with Gasteiger partial charge in [-0.25, -0.2) is 9.97 Å². The number of hydrogen-bond acceptors (Lipinski definition) is 5. The van der Waals surface area contributed by atoms with Gasteiger partial charge in [-0.05, 0) is 13.8 Å². The first kappa shape index (κ1) is 11.6. The molecule has 1 fully saturated rings. The quantitative estimate of drug-likeness (QED) is 0.876. The van der Waals surface area contributed by atoms with Crippen LogP contribution in [-0.2, 0) is 9.47 Å². The van der Waals surface area contributed by atoms with Crippen LogP contribution in [0.3, 0.4) is 0 Å². The Balaban J connectivity index is 1.87. The van der Waals surface area contributed by atoms with E-state index in [2.05, 4.69) is 15.3 Å². The van der Waals surface area contributed by atoms with Crippen molar-refractivity contribution in [3.63, 3.8) is 0 Å². The summed E-state index contributed by atoms with van der Waals surface area (Å²) in [5, 5.41) is 3.61. The lowest BCUT2D eigenvalue weighted by molar-refractivity contribution is -0.136. The molecule has 1 aromatic heterocycles. The number of ether oxygens (including phenoxy) is 2. The molecule has 0 radical (unpaired) electrons. The van der Waals surface area contributed by atoms with Crippen molar-refractivity contribution >= 4 is 17.4 Å². The van der Waals surface area contributed by atoms with Crippen molar-refractivity contribution < 1.29 is 9.47 Å². The zero-order valence-corrected chi connectivity index (χ0v) is 9.99. The average molecular weight is 244 g/mol. The lowest BCUT2D eigenvalue weighted by atomic mass is 10.3. The summed E-state index contributed by atoms with van der Waals surface area (Å²) in [6.45, 7) is 4.97. The molecule has 0 aliphatic carbocycles. The maximum absolute atomic E-state index is 5.91. The van der Waals surface area contributed by atoms with Crippen LogP contribution in [0.5, 0.6) is 0 Å². The molecule has 0 amide bonds. The maximum Gasteiger partial charge on any atom is 0.163 e. The molecule has 0 saturated carbocycles. The van der Waals surface area contributed by atoms with Gasteiger partial charge in [-0.2, -0.15) is 0 Å². The molecule has 0 aromatic carbocycles. The zero-order chi connectivity index (χ0) is 11.6. The van der Waals surface area contributed by atoms with E-state index in [1.807, 2.05) is 13.8 Å². The van der Waals surface area contributed by atoms with Gasteiger partial charge >= 0.3 is 0 Å². The van der Waals surface area contributed by atoms with E-state index in [1.54, 1.807) is 6.20 Å². The van der Waals surface area contributed by atoms with Crippen molar-refractivity contribution in [3.05, 3.63) is 17.5 Å². The Bertz CT molecular complexity index is 373. The van der Waals surface area contributed by atoms with Crippen LogP contribution in [0.25, 0.3) is 0 Å². The van der Waals surface area contributed by atoms with Crippen LogP contribution in [0.15, 0.2) is 12.5 Å². The molecular formula is C10H14ClN3O2. The van der Waals surface area contributed by atoms with E-state index in [4.69, 9.17) is 21.1 Å². The molecule has 2 heterocycles. The van der Waals surface area contributed by atoms with Gasteiger partial charge in [0.1, 0.15) is 23.3 Å². The molecule has 1 aliphatic rings. The van der Waals surface area contributed by atoms with Crippen LogP contribution in [0.4, 0.5) is 5.82 Å². The molecule has 6 heteroatoms. The maximum atomic E-state index is 5.91. The van der Waals surface area contributed by atoms with E-state index in [9.17, 15) is 0 Å². The van der Waals surface area contributed by atoms with Crippen molar-refractivity contribution in [1.82, 2.24) is 9.97 Å². The van der Waals surface area contributed by atoms with Gasteiger partial charge in [0.05, 0.1) is 12.8 Å². The Kier molecular flexibility index (Phi) is 3.28. The fraction of sp³-hybridized carbons (Fsp3) is 0.600. The van der Waals surface area contributed by atoms with Crippen molar-refractivity contribution in [1.29, 1.82) is 0 Å². The lowest BCUT2D eigenvalue weighted by Crippen LogP contribution is -2.26. The van der Waals surface area contributed by atoms with Gasteiger partial charge in [0.25, 0.3) is 0 Å². The van der Waals surface area contributed by atoms with Gasteiger partial charge < -0.3 is 14.8 Å². The topological polar surface area (TPSA) is 56.3 Å². The number of halogens is 1. The largest absolute Gasteiger partial charge is 0.366 e. The Labute approximate surface area is 99.1 Å². The lowest BCUT2D eigenvalue weighted by Gasteiger charge is -2.17. The van der Waals surface area contributed by atoms with Crippen molar-refractivity contribution in [3.8, 4) is 0 Å². The van der Waals surface area contributed by atoms with Crippen LogP contribution in [0, 0.1) is 0 Å². The van der Waals surface area contributed by atoms with Gasteiger partial charge in [-0.15, -0.1) is 0 Å². The first-order chi connectivity index (χ1) is 7.57. The Morgan fingerprint density at radius 2 is 2.44 bits per heavy atom. The van der Waals surface area contributed by atoms with Crippen LogP contribution < -0.4 is 5.32 Å². The van der Waals surface area contributed by atoms with Crippen LogP contribution in [0.2, 0.25) is 5.02 Å².